The number of nitrogens with zero attached hydrogens (tertiary/aromatic N) is 1. The lowest BCUT2D eigenvalue weighted by Crippen LogP contribution is -2.41. The molecule has 0 amide bonds. The van der Waals surface area contributed by atoms with E-state index in [0.29, 0.717) is 5.02 Å². The summed E-state index contributed by atoms with van der Waals surface area (Å²) in [6.45, 7) is 10.4. The molecule has 0 N–H and O–H groups in total. The summed E-state index contributed by atoms with van der Waals surface area (Å²) in [5, 5.41) is 0.608. The van der Waals surface area contributed by atoms with Gasteiger partial charge in [-0.2, -0.15) is 0 Å². The van der Waals surface area contributed by atoms with Crippen LogP contribution in [0.4, 0.5) is 0 Å². The summed E-state index contributed by atoms with van der Waals surface area (Å²) in [5.74, 6) is 0. The van der Waals surface area contributed by atoms with Crippen LogP contribution in [0.5, 0.6) is 0 Å². The number of hydrogen-bond donors (Lipinski definition) is 0. The van der Waals surface area contributed by atoms with Crippen LogP contribution in [-0.4, -0.2) is 23.3 Å². The van der Waals surface area contributed by atoms with Crippen LogP contribution in [-0.2, 0) is 14.7 Å². The molecular formula is C15H21BClNO2. The van der Waals surface area contributed by atoms with Crippen LogP contribution in [0.15, 0.2) is 12.3 Å². The van der Waals surface area contributed by atoms with Gasteiger partial charge >= 0.3 is 7.12 Å². The largest absolute Gasteiger partial charge is 0.496 e. The van der Waals surface area contributed by atoms with E-state index in [4.69, 9.17) is 20.9 Å². The second-order valence-electron chi connectivity index (χ2n) is 7.24. The molecule has 108 valence electrons. The van der Waals surface area contributed by atoms with Crippen molar-refractivity contribution in [3.8, 4) is 0 Å². The minimum absolute atomic E-state index is 0.211. The zero-order valence-electron chi connectivity index (χ0n) is 12.8. The number of halogens is 1. The van der Waals surface area contributed by atoms with E-state index in [0.717, 1.165) is 11.2 Å². The normalized spacial score (nSPS) is 25.8. The molecule has 2 heterocycles. The maximum atomic E-state index is 6.31. The Hall–Kier alpha value is -0.575. The first kappa shape index (κ1) is 14.4. The van der Waals surface area contributed by atoms with Crippen molar-refractivity contribution in [2.75, 3.05) is 0 Å². The van der Waals surface area contributed by atoms with E-state index in [1.165, 1.54) is 12.8 Å². The number of pyridine rings is 1. The monoisotopic (exact) mass is 293 g/mol. The summed E-state index contributed by atoms with van der Waals surface area (Å²) in [6.07, 6.45) is 4.09. The van der Waals surface area contributed by atoms with Crippen molar-refractivity contribution in [1.82, 2.24) is 4.98 Å². The van der Waals surface area contributed by atoms with E-state index < -0.39 is 7.12 Å². The van der Waals surface area contributed by atoms with E-state index in [-0.39, 0.29) is 16.6 Å². The van der Waals surface area contributed by atoms with Gasteiger partial charge in [-0.3, -0.25) is 4.98 Å². The van der Waals surface area contributed by atoms with E-state index >= 15 is 0 Å². The first-order valence-electron chi connectivity index (χ1n) is 7.16. The zero-order valence-corrected chi connectivity index (χ0v) is 13.5. The molecule has 0 radical (unpaired) electrons. The van der Waals surface area contributed by atoms with Gasteiger partial charge in [-0.05, 0) is 46.6 Å². The van der Waals surface area contributed by atoms with Gasteiger partial charge in [0.2, 0.25) is 0 Å². The van der Waals surface area contributed by atoms with Gasteiger partial charge in [0.15, 0.2) is 0 Å². The molecule has 0 spiro atoms. The quantitative estimate of drug-likeness (QED) is 0.785. The lowest BCUT2D eigenvalue weighted by Gasteiger charge is -2.32. The molecular weight excluding hydrogens is 272 g/mol. The highest BCUT2D eigenvalue weighted by atomic mass is 35.5. The molecule has 0 atom stereocenters. The van der Waals surface area contributed by atoms with Crippen molar-refractivity contribution < 1.29 is 9.31 Å². The molecule has 0 unspecified atom stereocenters. The smallest absolute Gasteiger partial charge is 0.399 e. The van der Waals surface area contributed by atoms with Crippen LogP contribution < -0.4 is 5.46 Å². The lowest BCUT2D eigenvalue weighted by atomic mass is 9.78. The Morgan fingerprint density at radius 3 is 2.15 bits per heavy atom. The third-order valence-corrected chi connectivity index (χ3v) is 5.33. The molecule has 2 fully saturated rings. The molecule has 1 saturated heterocycles. The van der Waals surface area contributed by atoms with Crippen LogP contribution in [0.25, 0.3) is 0 Å². The van der Waals surface area contributed by atoms with Crippen LogP contribution in [0, 0.1) is 0 Å². The van der Waals surface area contributed by atoms with Gasteiger partial charge in [0.05, 0.1) is 16.2 Å². The van der Waals surface area contributed by atoms with E-state index in [9.17, 15) is 0 Å². The molecule has 0 aromatic carbocycles. The SMILES string of the molecule is CC1(c2cc(B3OC(C)(C)C(C)(C)O3)c(Cl)cn2)CC1. The van der Waals surface area contributed by atoms with Crippen LogP contribution in [0.3, 0.4) is 0 Å². The second-order valence-corrected chi connectivity index (χ2v) is 7.65. The molecule has 5 heteroatoms. The van der Waals surface area contributed by atoms with Gasteiger partial charge in [-0.15, -0.1) is 0 Å². The minimum Gasteiger partial charge on any atom is -0.399 e. The van der Waals surface area contributed by atoms with E-state index in [1.807, 2.05) is 27.7 Å². The standard InChI is InChI=1S/C15H21BClNO2/c1-13(2)14(3,4)20-16(19-13)10-8-12(15(5)6-7-15)18-9-11(10)17/h8-9H,6-7H2,1-5H3. The van der Waals surface area contributed by atoms with Crippen molar-refractivity contribution in [3.63, 3.8) is 0 Å². The molecule has 20 heavy (non-hydrogen) atoms. The third-order valence-electron chi connectivity index (χ3n) is 5.01. The lowest BCUT2D eigenvalue weighted by molar-refractivity contribution is 0.00578. The Morgan fingerprint density at radius 2 is 1.65 bits per heavy atom. The summed E-state index contributed by atoms with van der Waals surface area (Å²) >= 11 is 6.31. The second kappa shape index (κ2) is 4.22. The van der Waals surface area contributed by atoms with Crippen LogP contribution >= 0.6 is 11.6 Å². The molecule has 1 aromatic rings. The van der Waals surface area contributed by atoms with Crippen LogP contribution in [0.1, 0.15) is 53.2 Å². The summed E-state index contributed by atoms with van der Waals surface area (Å²) in [5.41, 5.74) is 1.49. The van der Waals surface area contributed by atoms with E-state index in [2.05, 4.69) is 18.0 Å². The Bertz CT molecular complexity index is 539. The van der Waals surface area contributed by atoms with Gasteiger partial charge in [-0.25, -0.2) is 0 Å². The summed E-state index contributed by atoms with van der Waals surface area (Å²) < 4.78 is 12.2. The molecule has 1 saturated carbocycles. The fraction of sp³-hybridized carbons (Fsp3) is 0.667. The Morgan fingerprint density at radius 1 is 1.10 bits per heavy atom. The fourth-order valence-corrected chi connectivity index (χ4v) is 2.57. The highest BCUT2D eigenvalue weighted by Gasteiger charge is 2.52. The summed E-state index contributed by atoms with van der Waals surface area (Å²) in [4.78, 5) is 4.47. The zero-order chi connectivity index (χ0) is 14.8. The molecule has 3 rings (SSSR count). The van der Waals surface area contributed by atoms with Crippen molar-refractivity contribution in [1.29, 1.82) is 0 Å². The molecule has 1 aliphatic carbocycles. The highest BCUT2D eigenvalue weighted by molar-refractivity contribution is 6.65. The Balaban J connectivity index is 1.95. The van der Waals surface area contributed by atoms with Crippen molar-refractivity contribution in [2.24, 2.45) is 0 Å². The van der Waals surface area contributed by atoms with Gasteiger partial charge in [0.25, 0.3) is 0 Å². The average molecular weight is 294 g/mol. The number of rotatable bonds is 2. The number of hydrogen-bond acceptors (Lipinski definition) is 3. The molecule has 1 aliphatic heterocycles. The van der Waals surface area contributed by atoms with Gasteiger partial charge in [-0.1, -0.05) is 18.5 Å². The highest BCUT2D eigenvalue weighted by Crippen LogP contribution is 2.46. The topological polar surface area (TPSA) is 31.4 Å². The summed E-state index contributed by atoms with van der Waals surface area (Å²) in [7, 11) is -0.420. The maximum Gasteiger partial charge on any atom is 0.496 e. The predicted octanol–water partition coefficient (Wildman–Crippen LogP) is 3.09. The average Bonchev–Trinajstić information content (AvgIpc) is 3.02. The van der Waals surface area contributed by atoms with Gasteiger partial charge in [0.1, 0.15) is 0 Å². The van der Waals surface area contributed by atoms with E-state index in [1.54, 1.807) is 6.20 Å². The Kier molecular flexibility index (Phi) is 3.03. The maximum absolute atomic E-state index is 6.31. The summed E-state index contributed by atoms with van der Waals surface area (Å²) in [6, 6.07) is 2.05. The molecule has 2 aliphatic rings. The fourth-order valence-electron chi connectivity index (χ4n) is 2.38. The van der Waals surface area contributed by atoms with Crippen molar-refractivity contribution in [3.05, 3.63) is 23.0 Å². The predicted molar refractivity (Wildman–Crippen MR) is 81.5 cm³/mol. The van der Waals surface area contributed by atoms with Gasteiger partial charge < -0.3 is 9.31 Å². The van der Waals surface area contributed by atoms with Crippen molar-refractivity contribution >= 4 is 24.2 Å². The number of aromatic nitrogens is 1. The first-order chi connectivity index (χ1) is 9.15. The van der Waals surface area contributed by atoms with Crippen LogP contribution in [0.2, 0.25) is 5.02 Å². The van der Waals surface area contributed by atoms with Crippen molar-refractivity contribution in [2.45, 2.75) is 64.1 Å². The molecule has 1 aromatic heterocycles. The Labute approximate surface area is 126 Å². The first-order valence-corrected chi connectivity index (χ1v) is 7.54. The minimum atomic E-state index is -0.420. The third kappa shape index (κ3) is 2.18. The molecule has 3 nitrogen and oxygen atoms in total. The molecule has 0 bridgehead atoms. The van der Waals surface area contributed by atoms with Gasteiger partial charge in [0, 0.05) is 22.8 Å².